The lowest BCUT2D eigenvalue weighted by molar-refractivity contribution is 0.0532. The van der Waals surface area contributed by atoms with E-state index >= 15 is 0 Å². The number of hydrogen-bond donors (Lipinski definition) is 4. The summed E-state index contributed by atoms with van der Waals surface area (Å²) in [6.07, 6.45) is 0.0653. The molecular weight excluding hydrogens is 511 g/mol. The van der Waals surface area contributed by atoms with E-state index in [-0.39, 0.29) is 33.8 Å². The molecule has 0 spiro atoms. The molecule has 0 aliphatic heterocycles. The van der Waals surface area contributed by atoms with Crippen molar-refractivity contribution in [2.45, 2.75) is 31.3 Å². The molecule has 2 aromatic rings. The van der Waals surface area contributed by atoms with Gasteiger partial charge in [0.1, 0.15) is 17.2 Å². The highest BCUT2D eigenvalue weighted by molar-refractivity contribution is 7.91. The predicted molar refractivity (Wildman–Crippen MR) is 130 cm³/mol. The van der Waals surface area contributed by atoms with Gasteiger partial charge in [-0.2, -0.15) is 0 Å². The van der Waals surface area contributed by atoms with E-state index in [1.165, 1.54) is 12.1 Å². The summed E-state index contributed by atoms with van der Waals surface area (Å²) < 4.78 is 44.5. The van der Waals surface area contributed by atoms with Crippen LogP contribution >= 0.6 is 0 Å². The Labute approximate surface area is 211 Å². The van der Waals surface area contributed by atoms with E-state index in [0.717, 1.165) is 36.4 Å². The molecule has 0 atom stereocenters. The zero-order chi connectivity index (χ0) is 28.0. The second-order valence-corrected chi connectivity index (χ2v) is 10.7. The van der Waals surface area contributed by atoms with Gasteiger partial charge in [0, 0.05) is 17.8 Å². The molecule has 0 aliphatic rings. The number of anilines is 1. The Balaban J connectivity index is 2.15. The van der Waals surface area contributed by atoms with Crippen molar-refractivity contribution in [3.63, 3.8) is 0 Å². The number of carbonyl (C=O) groups is 4. The third-order valence-electron chi connectivity index (χ3n) is 4.44. The maximum atomic E-state index is 14.2. The number of carboxylic acids is 2. The molecule has 0 bridgehead atoms. The molecule has 0 radical (unpaired) electrons. The summed E-state index contributed by atoms with van der Waals surface area (Å²) in [4.78, 5) is 46.4. The second kappa shape index (κ2) is 11.6. The number of aromatic carboxylic acids is 2. The van der Waals surface area contributed by atoms with E-state index in [2.05, 4.69) is 10.6 Å². The SMILES string of the molecule is CC(C)(C)OC(=O)NC/C=C(\F)CS(=O)(=O)c1cccc(C(=O)Nc2cc(C(=O)O)cc(C(=O)O)c2)c1. The van der Waals surface area contributed by atoms with Gasteiger partial charge >= 0.3 is 18.0 Å². The van der Waals surface area contributed by atoms with Crippen molar-refractivity contribution in [1.29, 1.82) is 0 Å². The molecule has 0 aromatic heterocycles. The summed E-state index contributed by atoms with van der Waals surface area (Å²) in [6, 6.07) is 7.67. The molecule has 0 fully saturated rings. The molecule has 13 heteroatoms. The summed E-state index contributed by atoms with van der Waals surface area (Å²) in [7, 11) is -4.23. The first-order valence-corrected chi connectivity index (χ1v) is 12.3. The molecular formula is C24H25FN2O9S. The van der Waals surface area contributed by atoms with E-state index in [1.807, 2.05) is 0 Å². The van der Waals surface area contributed by atoms with Gasteiger partial charge in [0.05, 0.1) is 16.0 Å². The van der Waals surface area contributed by atoms with Crippen molar-refractivity contribution in [2.75, 3.05) is 17.6 Å². The summed E-state index contributed by atoms with van der Waals surface area (Å²) in [6.45, 7) is 4.62. The number of ether oxygens (including phenoxy) is 1. The summed E-state index contributed by atoms with van der Waals surface area (Å²) in [5.41, 5.74) is -1.81. The molecule has 2 amide bonds. The molecule has 2 aromatic carbocycles. The highest BCUT2D eigenvalue weighted by atomic mass is 32.2. The Hall–Kier alpha value is -4.26. The van der Waals surface area contributed by atoms with E-state index in [0.29, 0.717) is 0 Å². The third kappa shape index (κ3) is 9.04. The quantitative estimate of drug-likeness (QED) is 0.374. The molecule has 0 saturated carbocycles. The van der Waals surface area contributed by atoms with Crippen LogP contribution in [0.25, 0.3) is 0 Å². The average molecular weight is 537 g/mol. The van der Waals surface area contributed by atoms with Crippen molar-refractivity contribution in [1.82, 2.24) is 5.32 Å². The molecule has 198 valence electrons. The maximum Gasteiger partial charge on any atom is 0.407 e. The van der Waals surface area contributed by atoms with Gasteiger partial charge in [-0.15, -0.1) is 0 Å². The van der Waals surface area contributed by atoms with Crippen LogP contribution in [0.1, 0.15) is 51.8 Å². The number of alkyl carbamates (subject to hydrolysis) is 1. The molecule has 0 aliphatic carbocycles. The van der Waals surface area contributed by atoms with Crippen LogP contribution in [0.2, 0.25) is 0 Å². The van der Waals surface area contributed by atoms with Gasteiger partial charge < -0.3 is 25.6 Å². The Morgan fingerprint density at radius 3 is 2.11 bits per heavy atom. The highest BCUT2D eigenvalue weighted by Crippen LogP contribution is 2.20. The van der Waals surface area contributed by atoms with Crippen LogP contribution in [0.3, 0.4) is 0 Å². The number of halogens is 1. The molecule has 0 saturated heterocycles. The van der Waals surface area contributed by atoms with Crippen LogP contribution in [0.5, 0.6) is 0 Å². The zero-order valence-electron chi connectivity index (χ0n) is 20.1. The lowest BCUT2D eigenvalue weighted by Crippen LogP contribution is -2.32. The number of sulfone groups is 1. The van der Waals surface area contributed by atoms with Gasteiger partial charge in [-0.05, 0) is 63.2 Å². The van der Waals surface area contributed by atoms with Gasteiger partial charge in [-0.3, -0.25) is 4.79 Å². The van der Waals surface area contributed by atoms with Crippen LogP contribution in [0, 0.1) is 0 Å². The average Bonchev–Trinajstić information content (AvgIpc) is 2.77. The zero-order valence-corrected chi connectivity index (χ0v) is 20.9. The highest BCUT2D eigenvalue weighted by Gasteiger charge is 2.20. The summed E-state index contributed by atoms with van der Waals surface area (Å²) >= 11 is 0. The van der Waals surface area contributed by atoms with Gasteiger partial charge in [0.25, 0.3) is 5.91 Å². The van der Waals surface area contributed by atoms with Gasteiger partial charge in [0.2, 0.25) is 0 Å². The van der Waals surface area contributed by atoms with Crippen LogP contribution in [-0.4, -0.2) is 60.5 Å². The van der Waals surface area contributed by atoms with Crippen LogP contribution in [-0.2, 0) is 14.6 Å². The fourth-order valence-electron chi connectivity index (χ4n) is 2.86. The lowest BCUT2D eigenvalue weighted by Gasteiger charge is -2.19. The first-order chi connectivity index (χ1) is 17.1. The number of carboxylic acid groups (broad SMARTS) is 2. The van der Waals surface area contributed by atoms with Crippen LogP contribution in [0.15, 0.2) is 59.3 Å². The Bertz CT molecular complexity index is 1330. The second-order valence-electron chi connectivity index (χ2n) is 8.68. The van der Waals surface area contributed by atoms with Gasteiger partial charge in [-0.25, -0.2) is 27.2 Å². The van der Waals surface area contributed by atoms with E-state index in [1.54, 1.807) is 20.8 Å². The largest absolute Gasteiger partial charge is 0.478 e. The van der Waals surface area contributed by atoms with E-state index < -0.39 is 51.0 Å². The number of carbonyl (C=O) groups excluding carboxylic acids is 2. The fourth-order valence-corrected chi connectivity index (χ4v) is 4.10. The first kappa shape index (κ1) is 29.0. The van der Waals surface area contributed by atoms with Crippen molar-refractivity contribution in [3.8, 4) is 0 Å². The third-order valence-corrected chi connectivity index (χ3v) is 6.06. The fraction of sp³-hybridized carbons (Fsp3) is 0.250. The van der Waals surface area contributed by atoms with E-state index in [4.69, 9.17) is 14.9 Å². The molecule has 2 rings (SSSR count). The Kier molecular flexibility index (Phi) is 9.12. The smallest absolute Gasteiger partial charge is 0.407 e. The molecule has 11 nitrogen and oxygen atoms in total. The van der Waals surface area contributed by atoms with Crippen LogP contribution < -0.4 is 10.6 Å². The number of rotatable bonds is 9. The maximum absolute atomic E-state index is 14.2. The van der Waals surface area contributed by atoms with Crippen molar-refractivity contribution < 1.29 is 46.9 Å². The summed E-state index contributed by atoms with van der Waals surface area (Å²) in [5, 5.41) is 22.9. The molecule has 4 N–H and O–H groups in total. The number of nitrogens with one attached hydrogen (secondary N) is 2. The lowest BCUT2D eigenvalue weighted by atomic mass is 10.1. The first-order valence-electron chi connectivity index (χ1n) is 10.6. The monoisotopic (exact) mass is 536 g/mol. The van der Waals surface area contributed by atoms with Crippen molar-refractivity contribution in [3.05, 3.63) is 71.1 Å². The molecule has 0 unspecified atom stereocenters. The minimum Gasteiger partial charge on any atom is -0.478 e. The number of benzene rings is 2. The van der Waals surface area contributed by atoms with Gasteiger partial charge in [-0.1, -0.05) is 6.07 Å². The Morgan fingerprint density at radius 2 is 1.57 bits per heavy atom. The normalized spacial score (nSPS) is 11.9. The molecule has 0 heterocycles. The Morgan fingerprint density at radius 1 is 0.973 bits per heavy atom. The van der Waals surface area contributed by atoms with Crippen molar-refractivity contribution >= 4 is 39.5 Å². The van der Waals surface area contributed by atoms with Gasteiger partial charge in [0.15, 0.2) is 9.84 Å². The minimum absolute atomic E-state index is 0.137. The summed E-state index contributed by atoms with van der Waals surface area (Å²) in [5.74, 6) is -5.76. The predicted octanol–water partition coefficient (Wildman–Crippen LogP) is 3.49. The van der Waals surface area contributed by atoms with E-state index in [9.17, 15) is 32.0 Å². The van der Waals surface area contributed by atoms with Crippen molar-refractivity contribution in [2.24, 2.45) is 0 Å². The topological polar surface area (TPSA) is 176 Å². The standard InChI is InChI=1S/C24H25FN2O9S/c1-24(2,3)36-23(33)26-8-7-17(25)13-37(34,35)19-6-4-5-14(12-19)20(28)27-18-10-15(21(29)30)9-16(11-18)22(31)32/h4-7,9-12H,8,13H2,1-3H3,(H,26,33)(H,27,28)(H,29,30)(H,31,32)/b17-7-. The minimum atomic E-state index is -4.23. The number of hydrogen-bond acceptors (Lipinski definition) is 7. The van der Waals surface area contributed by atoms with Crippen LogP contribution in [0.4, 0.5) is 14.9 Å². The number of amides is 2. The molecule has 37 heavy (non-hydrogen) atoms.